The van der Waals surface area contributed by atoms with Crippen molar-refractivity contribution in [2.75, 3.05) is 33.3 Å². The van der Waals surface area contributed by atoms with E-state index in [9.17, 15) is 5.11 Å². The highest BCUT2D eigenvalue weighted by atomic mass is 16.5. The first-order chi connectivity index (χ1) is 9.58. The Hall–Kier alpha value is -1.10. The number of piperazine rings is 1. The third kappa shape index (κ3) is 4.20. The summed E-state index contributed by atoms with van der Waals surface area (Å²) in [5, 5.41) is 9.51. The lowest BCUT2D eigenvalue weighted by atomic mass is 10.1. The smallest absolute Gasteiger partial charge is 0.119 e. The molecular weight excluding hydrogens is 252 g/mol. The quantitative estimate of drug-likeness (QED) is 0.887. The lowest BCUT2D eigenvalue weighted by molar-refractivity contribution is 0.0423. The fourth-order valence-electron chi connectivity index (χ4n) is 2.85. The Balaban J connectivity index is 1.89. The fourth-order valence-corrected chi connectivity index (χ4v) is 2.85. The minimum atomic E-state index is -0.248. The minimum absolute atomic E-state index is 0.248. The van der Waals surface area contributed by atoms with E-state index in [0.29, 0.717) is 6.04 Å². The molecule has 1 heterocycles. The molecule has 0 amide bonds. The van der Waals surface area contributed by atoms with Crippen LogP contribution in [0.2, 0.25) is 0 Å². The number of rotatable bonds is 5. The van der Waals surface area contributed by atoms with Crippen molar-refractivity contribution in [1.29, 1.82) is 0 Å². The Kier molecular flexibility index (Phi) is 5.40. The van der Waals surface area contributed by atoms with Gasteiger partial charge >= 0.3 is 0 Å². The van der Waals surface area contributed by atoms with Crippen LogP contribution in [-0.4, -0.2) is 60.3 Å². The molecule has 2 rings (SSSR count). The second-order valence-electron chi connectivity index (χ2n) is 5.78. The van der Waals surface area contributed by atoms with Gasteiger partial charge < -0.3 is 9.84 Å². The summed E-state index contributed by atoms with van der Waals surface area (Å²) in [4.78, 5) is 4.84. The third-order valence-electron chi connectivity index (χ3n) is 3.89. The van der Waals surface area contributed by atoms with Crippen molar-refractivity contribution < 1.29 is 9.84 Å². The molecule has 0 aromatic heterocycles. The molecule has 1 saturated heterocycles. The van der Waals surface area contributed by atoms with Gasteiger partial charge in [-0.2, -0.15) is 0 Å². The van der Waals surface area contributed by atoms with Crippen LogP contribution in [0.4, 0.5) is 0 Å². The molecule has 0 bridgehead atoms. The molecule has 0 unspecified atom stereocenters. The summed E-state index contributed by atoms with van der Waals surface area (Å²) in [5.41, 5.74) is 1.29. The fraction of sp³-hybridized carbons (Fsp3) is 0.625. The van der Waals surface area contributed by atoms with Gasteiger partial charge in [0, 0.05) is 38.8 Å². The SMILES string of the molecule is COc1cccc(CN2CCN(C[C@H](C)O)[C@@H](C)C2)c1. The molecule has 1 aliphatic rings. The van der Waals surface area contributed by atoms with Crippen molar-refractivity contribution in [3.8, 4) is 5.75 Å². The van der Waals surface area contributed by atoms with Crippen molar-refractivity contribution >= 4 is 0 Å². The van der Waals surface area contributed by atoms with Crippen LogP contribution in [0, 0.1) is 0 Å². The Morgan fingerprint density at radius 2 is 2.20 bits per heavy atom. The maximum atomic E-state index is 9.51. The Bertz CT molecular complexity index is 423. The normalized spacial score (nSPS) is 22.7. The number of benzene rings is 1. The van der Waals surface area contributed by atoms with E-state index in [2.05, 4.69) is 28.9 Å². The van der Waals surface area contributed by atoms with Gasteiger partial charge in [-0.3, -0.25) is 9.80 Å². The van der Waals surface area contributed by atoms with Crippen molar-refractivity contribution in [3.05, 3.63) is 29.8 Å². The van der Waals surface area contributed by atoms with Crippen LogP contribution < -0.4 is 4.74 Å². The third-order valence-corrected chi connectivity index (χ3v) is 3.89. The predicted molar refractivity (Wildman–Crippen MR) is 81.0 cm³/mol. The molecule has 1 aliphatic heterocycles. The molecule has 4 heteroatoms. The molecule has 0 saturated carbocycles. The van der Waals surface area contributed by atoms with Gasteiger partial charge in [0.25, 0.3) is 0 Å². The first-order valence-corrected chi connectivity index (χ1v) is 7.36. The van der Waals surface area contributed by atoms with Crippen LogP contribution in [-0.2, 0) is 6.54 Å². The standard InChI is InChI=1S/C16H26N2O2/c1-13-10-17(7-8-18(13)11-14(2)19)12-15-5-4-6-16(9-15)20-3/h4-6,9,13-14,19H,7-8,10-12H2,1-3H3/t13-,14-/m0/s1. The second-order valence-corrected chi connectivity index (χ2v) is 5.78. The average molecular weight is 278 g/mol. The summed E-state index contributed by atoms with van der Waals surface area (Å²) in [6, 6.07) is 8.76. The highest BCUT2D eigenvalue weighted by molar-refractivity contribution is 5.28. The topological polar surface area (TPSA) is 35.9 Å². The van der Waals surface area contributed by atoms with Crippen LogP contribution >= 0.6 is 0 Å². The first kappa shape index (κ1) is 15.3. The van der Waals surface area contributed by atoms with E-state index in [1.54, 1.807) is 7.11 Å². The number of nitrogens with zero attached hydrogens (tertiary/aromatic N) is 2. The molecule has 20 heavy (non-hydrogen) atoms. The van der Waals surface area contributed by atoms with E-state index in [0.717, 1.165) is 38.5 Å². The Morgan fingerprint density at radius 1 is 1.40 bits per heavy atom. The number of methoxy groups -OCH3 is 1. The molecule has 4 nitrogen and oxygen atoms in total. The van der Waals surface area contributed by atoms with Crippen molar-refractivity contribution in [1.82, 2.24) is 9.80 Å². The van der Waals surface area contributed by atoms with E-state index in [1.807, 2.05) is 19.1 Å². The van der Waals surface area contributed by atoms with E-state index >= 15 is 0 Å². The van der Waals surface area contributed by atoms with Gasteiger partial charge in [0.15, 0.2) is 0 Å². The molecule has 2 atom stereocenters. The molecule has 1 fully saturated rings. The Labute approximate surface area is 122 Å². The van der Waals surface area contributed by atoms with Gasteiger partial charge in [-0.25, -0.2) is 0 Å². The lowest BCUT2D eigenvalue weighted by Gasteiger charge is -2.40. The maximum Gasteiger partial charge on any atom is 0.119 e. The summed E-state index contributed by atoms with van der Waals surface area (Å²) in [5.74, 6) is 0.920. The summed E-state index contributed by atoms with van der Waals surface area (Å²) in [7, 11) is 1.70. The maximum absolute atomic E-state index is 9.51. The van der Waals surface area contributed by atoms with Gasteiger partial charge in [-0.1, -0.05) is 12.1 Å². The molecule has 112 valence electrons. The zero-order valence-electron chi connectivity index (χ0n) is 12.7. The molecule has 1 aromatic carbocycles. The largest absolute Gasteiger partial charge is 0.497 e. The van der Waals surface area contributed by atoms with Gasteiger partial charge in [0.1, 0.15) is 5.75 Å². The van der Waals surface area contributed by atoms with Crippen LogP contribution in [0.15, 0.2) is 24.3 Å². The van der Waals surface area contributed by atoms with Crippen LogP contribution in [0.5, 0.6) is 5.75 Å². The number of hydrogen-bond donors (Lipinski definition) is 1. The van der Waals surface area contributed by atoms with Crippen LogP contribution in [0.1, 0.15) is 19.4 Å². The molecular formula is C16H26N2O2. The summed E-state index contributed by atoms with van der Waals surface area (Å²) in [6.07, 6.45) is -0.248. The highest BCUT2D eigenvalue weighted by Crippen LogP contribution is 2.17. The van der Waals surface area contributed by atoms with Crippen molar-refractivity contribution in [2.24, 2.45) is 0 Å². The van der Waals surface area contributed by atoms with E-state index in [-0.39, 0.29) is 6.10 Å². The molecule has 1 N–H and O–H groups in total. The zero-order valence-corrected chi connectivity index (χ0v) is 12.7. The Morgan fingerprint density at radius 3 is 2.85 bits per heavy atom. The van der Waals surface area contributed by atoms with Crippen molar-refractivity contribution in [2.45, 2.75) is 32.5 Å². The number of aliphatic hydroxyl groups excluding tert-OH is 1. The number of ether oxygens (including phenoxy) is 1. The van der Waals surface area contributed by atoms with E-state index in [4.69, 9.17) is 4.74 Å². The van der Waals surface area contributed by atoms with Crippen LogP contribution in [0.25, 0.3) is 0 Å². The molecule has 0 aliphatic carbocycles. The number of hydrogen-bond acceptors (Lipinski definition) is 4. The van der Waals surface area contributed by atoms with Crippen molar-refractivity contribution in [3.63, 3.8) is 0 Å². The van der Waals surface area contributed by atoms with Gasteiger partial charge in [0.2, 0.25) is 0 Å². The number of β-amino-alcohol motifs (C(OH)–C–C–N with tert-alkyl or cyclic N) is 1. The first-order valence-electron chi connectivity index (χ1n) is 7.36. The monoisotopic (exact) mass is 278 g/mol. The lowest BCUT2D eigenvalue weighted by Crippen LogP contribution is -2.53. The molecule has 1 aromatic rings. The molecule has 0 radical (unpaired) electrons. The van der Waals surface area contributed by atoms with Gasteiger partial charge in [-0.05, 0) is 31.5 Å². The minimum Gasteiger partial charge on any atom is -0.497 e. The van der Waals surface area contributed by atoms with Gasteiger partial charge in [0.05, 0.1) is 13.2 Å². The summed E-state index contributed by atoms with van der Waals surface area (Å²) < 4.78 is 5.27. The highest BCUT2D eigenvalue weighted by Gasteiger charge is 2.24. The molecule has 0 spiro atoms. The van der Waals surface area contributed by atoms with Crippen LogP contribution in [0.3, 0.4) is 0 Å². The zero-order chi connectivity index (χ0) is 14.5. The van der Waals surface area contributed by atoms with E-state index < -0.39 is 0 Å². The summed E-state index contributed by atoms with van der Waals surface area (Å²) in [6.45, 7) is 8.95. The number of aliphatic hydroxyl groups is 1. The second kappa shape index (κ2) is 7.07. The summed E-state index contributed by atoms with van der Waals surface area (Å²) >= 11 is 0. The van der Waals surface area contributed by atoms with Gasteiger partial charge in [-0.15, -0.1) is 0 Å². The van der Waals surface area contributed by atoms with E-state index in [1.165, 1.54) is 5.56 Å². The average Bonchev–Trinajstić information content (AvgIpc) is 2.42. The predicted octanol–water partition coefficient (Wildman–Crippen LogP) is 1.58.